The Hall–Kier alpha value is -1.52. The average molecular weight is 337 g/mol. The zero-order valence-corrected chi connectivity index (χ0v) is 14.5. The van der Waals surface area contributed by atoms with Crippen LogP contribution in [-0.2, 0) is 0 Å². The molecule has 5 heteroatoms. The van der Waals surface area contributed by atoms with Gasteiger partial charge in [0.2, 0.25) is 0 Å². The van der Waals surface area contributed by atoms with E-state index in [9.17, 15) is 4.79 Å². The second-order valence-corrected chi connectivity index (χ2v) is 6.07. The van der Waals surface area contributed by atoms with Gasteiger partial charge in [0.15, 0.2) is 5.78 Å². The van der Waals surface area contributed by atoms with Crippen LogP contribution in [0.2, 0.25) is 0 Å². The zero-order valence-electron chi connectivity index (χ0n) is 12.8. The second kappa shape index (κ2) is 8.81. The van der Waals surface area contributed by atoms with Crippen molar-refractivity contribution in [2.24, 2.45) is 5.92 Å². The second-order valence-electron chi connectivity index (χ2n) is 5.27. The predicted molar refractivity (Wildman–Crippen MR) is 95.5 cm³/mol. The SMILES string of the molecule is CCCC(=N)CC(C)C(=O)c1cc(-c2ccccc2)ns1.Cl. The number of hydrogen-bond donors (Lipinski definition) is 1. The summed E-state index contributed by atoms with van der Waals surface area (Å²) >= 11 is 1.25. The van der Waals surface area contributed by atoms with Crippen LogP contribution in [0, 0.1) is 11.3 Å². The quantitative estimate of drug-likeness (QED) is 0.553. The minimum absolute atomic E-state index is 0. The number of carbonyl (C=O) groups is 1. The van der Waals surface area contributed by atoms with E-state index in [1.165, 1.54) is 11.5 Å². The average Bonchev–Trinajstić information content (AvgIpc) is 2.97. The summed E-state index contributed by atoms with van der Waals surface area (Å²) in [6, 6.07) is 11.7. The third-order valence-corrected chi connectivity index (χ3v) is 4.18. The summed E-state index contributed by atoms with van der Waals surface area (Å²) in [6.45, 7) is 3.95. The number of carbonyl (C=O) groups excluding carboxylic acids is 1. The monoisotopic (exact) mass is 336 g/mol. The van der Waals surface area contributed by atoms with Gasteiger partial charge in [0.1, 0.15) is 0 Å². The Morgan fingerprint density at radius 1 is 1.32 bits per heavy atom. The molecular weight excluding hydrogens is 316 g/mol. The number of rotatable bonds is 7. The number of ketones is 1. The van der Waals surface area contributed by atoms with Gasteiger partial charge in [0.05, 0.1) is 10.6 Å². The summed E-state index contributed by atoms with van der Waals surface area (Å²) in [6.07, 6.45) is 2.28. The summed E-state index contributed by atoms with van der Waals surface area (Å²) < 4.78 is 4.37. The fraction of sp³-hybridized carbons (Fsp3) is 0.353. The molecule has 0 aliphatic carbocycles. The van der Waals surface area contributed by atoms with Crippen molar-refractivity contribution < 1.29 is 4.79 Å². The lowest BCUT2D eigenvalue weighted by molar-refractivity contribution is 0.0937. The van der Waals surface area contributed by atoms with Crippen molar-refractivity contribution in [1.29, 1.82) is 5.41 Å². The van der Waals surface area contributed by atoms with Crippen molar-refractivity contribution in [2.75, 3.05) is 0 Å². The Labute approximate surface area is 141 Å². The molecular formula is C17H21ClN2OS. The highest BCUT2D eigenvalue weighted by Gasteiger charge is 2.19. The van der Waals surface area contributed by atoms with Gasteiger partial charge in [0.25, 0.3) is 0 Å². The molecule has 1 aromatic heterocycles. The van der Waals surface area contributed by atoms with Crippen LogP contribution in [-0.4, -0.2) is 15.9 Å². The first-order chi connectivity index (χ1) is 10.1. The molecule has 1 N–H and O–H groups in total. The third-order valence-electron chi connectivity index (χ3n) is 3.37. The number of halogens is 1. The number of hydrogen-bond acceptors (Lipinski definition) is 4. The first-order valence-electron chi connectivity index (χ1n) is 7.24. The highest BCUT2D eigenvalue weighted by molar-refractivity contribution is 7.08. The number of nitrogens with one attached hydrogen (secondary N) is 1. The Bertz CT molecular complexity index is 625. The van der Waals surface area contributed by atoms with Crippen molar-refractivity contribution in [2.45, 2.75) is 33.1 Å². The topological polar surface area (TPSA) is 53.8 Å². The van der Waals surface area contributed by atoms with Crippen molar-refractivity contribution in [1.82, 2.24) is 4.37 Å². The van der Waals surface area contributed by atoms with Gasteiger partial charge in [-0.05, 0) is 30.4 Å². The molecule has 2 aromatic rings. The molecule has 1 atom stereocenters. The molecule has 118 valence electrons. The lowest BCUT2D eigenvalue weighted by Crippen LogP contribution is -2.14. The Balaban J connectivity index is 0.00000242. The normalized spacial score (nSPS) is 11.5. The molecule has 0 radical (unpaired) electrons. The Kier molecular flexibility index (Phi) is 7.42. The van der Waals surface area contributed by atoms with Gasteiger partial charge >= 0.3 is 0 Å². The van der Waals surface area contributed by atoms with Crippen LogP contribution in [0.1, 0.15) is 42.8 Å². The van der Waals surface area contributed by atoms with Crippen LogP contribution < -0.4 is 0 Å². The molecule has 1 unspecified atom stereocenters. The summed E-state index contributed by atoms with van der Waals surface area (Å²) in [7, 11) is 0. The molecule has 3 nitrogen and oxygen atoms in total. The minimum atomic E-state index is -0.145. The lowest BCUT2D eigenvalue weighted by Gasteiger charge is -2.09. The highest BCUT2D eigenvalue weighted by atomic mass is 35.5. The fourth-order valence-corrected chi connectivity index (χ4v) is 3.06. The maximum Gasteiger partial charge on any atom is 0.177 e. The molecule has 0 fully saturated rings. The first kappa shape index (κ1) is 18.5. The van der Waals surface area contributed by atoms with E-state index in [-0.39, 0.29) is 24.1 Å². The summed E-state index contributed by atoms with van der Waals surface area (Å²) in [4.78, 5) is 13.1. The minimum Gasteiger partial charge on any atom is -0.310 e. The molecule has 0 amide bonds. The van der Waals surface area contributed by atoms with E-state index in [4.69, 9.17) is 5.41 Å². The molecule has 0 saturated carbocycles. The largest absolute Gasteiger partial charge is 0.310 e. The molecule has 0 aliphatic heterocycles. The molecule has 2 rings (SSSR count). The van der Waals surface area contributed by atoms with E-state index < -0.39 is 0 Å². The van der Waals surface area contributed by atoms with Crippen LogP contribution in [0.3, 0.4) is 0 Å². The van der Waals surface area contributed by atoms with E-state index in [1.54, 1.807) is 0 Å². The van der Waals surface area contributed by atoms with E-state index >= 15 is 0 Å². The number of Topliss-reactive ketones (excluding diaryl/α,β-unsaturated/α-hetero) is 1. The van der Waals surface area contributed by atoms with Crippen molar-refractivity contribution in [3.05, 3.63) is 41.3 Å². The number of aromatic nitrogens is 1. The first-order valence-corrected chi connectivity index (χ1v) is 8.01. The van der Waals surface area contributed by atoms with E-state index in [0.29, 0.717) is 17.0 Å². The Morgan fingerprint density at radius 2 is 2.00 bits per heavy atom. The van der Waals surface area contributed by atoms with Crippen LogP contribution in [0.15, 0.2) is 36.4 Å². The van der Waals surface area contributed by atoms with Crippen molar-refractivity contribution >= 4 is 35.4 Å². The maximum atomic E-state index is 12.4. The van der Waals surface area contributed by atoms with Gasteiger partial charge in [-0.25, -0.2) is 0 Å². The van der Waals surface area contributed by atoms with Crippen LogP contribution >= 0.6 is 23.9 Å². The van der Waals surface area contributed by atoms with E-state index in [2.05, 4.69) is 11.3 Å². The lowest BCUT2D eigenvalue weighted by atomic mass is 9.96. The predicted octanol–water partition coefficient (Wildman–Crippen LogP) is 5.26. The van der Waals surface area contributed by atoms with Crippen LogP contribution in [0.25, 0.3) is 11.3 Å². The molecule has 0 bridgehead atoms. The van der Waals surface area contributed by atoms with Crippen molar-refractivity contribution in [3.8, 4) is 11.3 Å². The molecule has 22 heavy (non-hydrogen) atoms. The van der Waals surface area contributed by atoms with Crippen molar-refractivity contribution in [3.63, 3.8) is 0 Å². The molecule has 0 aliphatic rings. The smallest absolute Gasteiger partial charge is 0.177 e. The third kappa shape index (κ3) is 4.75. The van der Waals surface area contributed by atoms with Gasteiger partial charge in [-0.15, -0.1) is 12.4 Å². The Morgan fingerprint density at radius 3 is 2.64 bits per heavy atom. The van der Waals surface area contributed by atoms with Gasteiger partial charge in [-0.3, -0.25) is 4.79 Å². The van der Waals surface area contributed by atoms with Gasteiger partial charge in [0, 0.05) is 17.2 Å². The van der Waals surface area contributed by atoms with Gasteiger partial charge in [-0.1, -0.05) is 50.6 Å². The molecule has 0 saturated heterocycles. The number of benzene rings is 1. The standard InChI is InChI=1S/C17H20N2OS.ClH/c1-3-7-14(18)10-12(2)17(20)16-11-15(19-21-16)13-8-5-4-6-9-13;/h4-6,8-9,11-12,18H,3,7,10H2,1-2H3;1H. The maximum absolute atomic E-state index is 12.4. The van der Waals surface area contributed by atoms with E-state index in [0.717, 1.165) is 24.1 Å². The summed E-state index contributed by atoms with van der Waals surface area (Å²) in [5.41, 5.74) is 2.53. The van der Waals surface area contributed by atoms with E-state index in [1.807, 2.05) is 43.3 Å². The number of nitrogens with zero attached hydrogens (tertiary/aromatic N) is 1. The van der Waals surface area contributed by atoms with Gasteiger partial charge < -0.3 is 5.41 Å². The molecule has 1 heterocycles. The summed E-state index contributed by atoms with van der Waals surface area (Å²) in [5.74, 6) is -0.0522. The van der Waals surface area contributed by atoms with Gasteiger partial charge in [-0.2, -0.15) is 4.37 Å². The molecule has 1 aromatic carbocycles. The summed E-state index contributed by atoms with van der Waals surface area (Å²) in [5, 5.41) is 7.85. The van der Waals surface area contributed by atoms with Crippen LogP contribution in [0.4, 0.5) is 0 Å². The fourth-order valence-electron chi connectivity index (χ4n) is 2.25. The zero-order chi connectivity index (χ0) is 15.2. The molecule has 0 spiro atoms. The highest BCUT2D eigenvalue weighted by Crippen LogP contribution is 2.24. The van der Waals surface area contributed by atoms with Crippen LogP contribution in [0.5, 0.6) is 0 Å².